The number of rotatable bonds is 6. The molecular formula is C25H29NO3. The zero-order chi connectivity index (χ0) is 19.8. The summed E-state index contributed by atoms with van der Waals surface area (Å²) in [6.45, 7) is 0.0145. The summed E-state index contributed by atoms with van der Waals surface area (Å²) in [5.41, 5.74) is 0.922. The molecule has 4 saturated carbocycles. The number of ether oxygens (including phenoxy) is 2. The number of nitrogens with zero attached hydrogens (tertiary/aromatic N) is 1. The van der Waals surface area contributed by atoms with Crippen LogP contribution in [0, 0.1) is 17.8 Å². The van der Waals surface area contributed by atoms with Gasteiger partial charge in [-0.15, -0.1) is 0 Å². The van der Waals surface area contributed by atoms with E-state index in [1.54, 1.807) is 11.9 Å². The second-order valence-corrected chi connectivity index (χ2v) is 9.25. The van der Waals surface area contributed by atoms with Crippen LogP contribution in [0.25, 0.3) is 0 Å². The van der Waals surface area contributed by atoms with Gasteiger partial charge in [-0.05, 0) is 92.7 Å². The van der Waals surface area contributed by atoms with Gasteiger partial charge < -0.3 is 14.4 Å². The van der Waals surface area contributed by atoms with Crippen LogP contribution < -0.4 is 14.4 Å². The van der Waals surface area contributed by atoms with Gasteiger partial charge in [0.15, 0.2) is 6.61 Å². The molecule has 4 aliphatic carbocycles. The SMILES string of the molecule is CN(C(=O)COc1ccc(OC23CC4CC(CC(C4)C2)C3)cc1)c1ccccc1. The lowest BCUT2D eigenvalue weighted by atomic mass is 9.54. The van der Waals surface area contributed by atoms with Gasteiger partial charge in [-0.3, -0.25) is 4.79 Å². The molecule has 4 heteroatoms. The number of likely N-dealkylation sites (N-methyl/N-ethyl adjacent to an activating group) is 1. The Morgan fingerprint density at radius 2 is 1.45 bits per heavy atom. The van der Waals surface area contributed by atoms with E-state index in [2.05, 4.69) is 0 Å². The Morgan fingerprint density at radius 1 is 0.897 bits per heavy atom. The van der Waals surface area contributed by atoms with Gasteiger partial charge in [0.25, 0.3) is 5.91 Å². The fraction of sp³-hybridized carbons (Fsp3) is 0.480. The Labute approximate surface area is 172 Å². The Kier molecular flexibility index (Phi) is 4.73. The van der Waals surface area contributed by atoms with Gasteiger partial charge in [0, 0.05) is 12.7 Å². The lowest BCUT2D eigenvalue weighted by Gasteiger charge is -2.56. The fourth-order valence-electron chi connectivity index (χ4n) is 6.05. The topological polar surface area (TPSA) is 38.8 Å². The number of para-hydroxylation sites is 1. The first kappa shape index (κ1) is 18.5. The average molecular weight is 392 g/mol. The van der Waals surface area contributed by atoms with Crippen LogP contribution >= 0.6 is 0 Å². The molecule has 0 aliphatic heterocycles. The van der Waals surface area contributed by atoms with Crippen LogP contribution in [-0.2, 0) is 4.79 Å². The van der Waals surface area contributed by atoms with Gasteiger partial charge in [-0.2, -0.15) is 0 Å². The molecule has 0 radical (unpaired) electrons. The highest BCUT2D eigenvalue weighted by Crippen LogP contribution is 2.57. The molecular weight excluding hydrogens is 362 g/mol. The molecule has 4 nitrogen and oxygen atoms in total. The predicted octanol–water partition coefficient (Wildman–Crippen LogP) is 5.08. The Morgan fingerprint density at radius 3 is 2.03 bits per heavy atom. The van der Waals surface area contributed by atoms with Crippen molar-refractivity contribution in [2.75, 3.05) is 18.6 Å². The second kappa shape index (κ2) is 7.40. The summed E-state index contributed by atoms with van der Waals surface area (Å²) in [5.74, 6) is 4.15. The van der Waals surface area contributed by atoms with Crippen molar-refractivity contribution in [3.8, 4) is 11.5 Å². The normalized spacial score (nSPS) is 29.5. The third kappa shape index (κ3) is 3.85. The molecule has 0 N–H and O–H groups in total. The van der Waals surface area contributed by atoms with E-state index in [-0.39, 0.29) is 18.1 Å². The maximum Gasteiger partial charge on any atom is 0.264 e. The van der Waals surface area contributed by atoms with Crippen LogP contribution in [-0.4, -0.2) is 25.2 Å². The molecule has 0 aromatic heterocycles. The van der Waals surface area contributed by atoms with Crippen LogP contribution in [0.5, 0.6) is 11.5 Å². The molecule has 4 aliphatic rings. The quantitative estimate of drug-likeness (QED) is 0.690. The first-order valence-electron chi connectivity index (χ1n) is 10.8. The molecule has 2 aromatic rings. The monoisotopic (exact) mass is 391 g/mol. The zero-order valence-electron chi connectivity index (χ0n) is 17.0. The minimum atomic E-state index is -0.0786. The summed E-state index contributed by atoms with van der Waals surface area (Å²) in [6.07, 6.45) is 7.91. The molecule has 2 aromatic carbocycles. The van der Waals surface area contributed by atoms with E-state index in [1.165, 1.54) is 38.5 Å². The second-order valence-electron chi connectivity index (χ2n) is 9.25. The van der Waals surface area contributed by atoms with E-state index in [9.17, 15) is 4.79 Å². The van der Waals surface area contributed by atoms with E-state index in [0.29, 0.717) is 5.75 Å². The largest absolute Gasteiger partial charge is 0.487 e. The highest BCUT2D eigenvalue weighted by Gasteiger charge is 2.52. The maximum atomic E-state index is 12.4. The van der Waals surface area contributed by atoms with Crippen molar-refractivity contribution in [3.05, 3.63) is 54.6 Å². The van der Waals surface area contributed by atoms with Crippen molar-refractivity contribution in [2.24, 2.45) is 17.8 Å². The first-order valence-corrected chi connectivity index (χ1v) is 10.8. The number of hydrogen-bond acceptors (Lipinski definition) is 3. The number of anilines is 1. The molecule has 0 heterocycles. The van der Waals surface area contributed by atoms with E-state index in [4.69, 9.17) is 9.47 Å². The number of benzene rings is 2. The van der Waals surface area contributed by atoms with Crippen LogP contribution in [0.1, 0.15) is 38.5 Å². The minimum absolute atomic E-state index is 0.0145. The van der Waals surface area contributed by atoms with Crippen molar-refractivity contribution in [2.45, 2.75) is 44.1 Å². The average Bonchev–Trinajstić information content (AvgIpc) is 2.72. The molecule has 0 spiro atoms. The minimum Gasteiger partial charge on any atom is -0.487 e. The molecule has 29 heavy (non-hydrogen) atoms. The van der Waals surface area contributed by atoms with Crippen LogP contribution in [0.4, 0.5) is 5.69 Å². The first-order chi connectivity index (χ1) is 14.1. The summed E-state index contributed by atoms with van der Waals surface area (Å²) >= 11 is 0. The Balaban J connectivity index is 1.17. The molecule has 1 amide bonds. The van der Waals surface area contributed by atoms with Crippen LogP contribution in [0.3, 0.4) is 0 Å². The summed E-state index contributed by atoms with van der Waals surface area (Å²) in [6, 6.07) is 17.4. The van der Waals surface area contributed by atoms with Crippen molar-refractivity contribution in [3.63, 3.8) is 0 Å². The smallest absolute Gasteiger partial charge is 0.264 e. The van der Waals surface area contributed by atoms with Crippen molar-refractivity contribution >= 4 is 11.6 Å². The molecule has 6 rings (SSSR count). The van der Waals surface area contributed by atoms with E-state index >= 15 is 0 Å². The van der Waals surface area contributed by atoms with E-state index in [0.717, 1.165) is 29.2 Å². The molecule has 0 unspecified atom stereocenters. The summed E-state index contributed by atoms with van der Waals surface area (Å²) in [7, 11) is 1.77. The van der Waals surface area contributed by atoms with Gasteiger partial charge in [0.05, 0.1) is 0 Å². The van der Waals surface area contributed by atoms with Crippen molar-refractivity contribution < 1.29 is 14.3 Å². The highest BCUT2D eigenvalue weighted by atomic mass is 16.5. The van der Waals surface area contributed by atoms with Gasteiger partial charge >= 0.3 is 0 Å². The molecule has 0 saturated heterocycles. The number of hydrogen-bond donors (Lipinski definition) is 0. The fourth-order valence-corrected chi connectivity index (χ4v) is 6.05. The van der Waals surface area contributed by atoms with Crippen molar-refractivity contribution in [1.29, 1.82) is 0 Å². The van der Waals surface area contributed by atoms with Gasteiger partial charge in [-0.25, -0.2) is 0 Å². The van der Waals surface area contributed by atoms with Gasteiger partial charge in [0.1, 0.15) is 17.1 Å². The Bertz CT molecular complexity index is 826. The van der Waals surface area contributed by atoms with Crippen LogP contribution in [0.2, 0.25) is 0 Å². The third-order valence-corrected chi connectivity index (χ3v) is 7.02. The van der Waals surface area contributed by atoms with Crippen molar-refractivity contribution in [1.82, 2.24) is 0 Å². The molecule has 152 valence electrons. The predicted molar refractivity (Wildman–Crippen MR) is 113 cm³/mol. The third-order valence-electron chi connectivity index (χ3n) is 7.02. The van der Waals surface area contributed by atoms with E-state index in [1.807, 2.05) is 54.6 Å². The van der Waals surface area contributed by atoms with Gasteiger partial charge in [0.2, 0.25) is 0 Å². The maximum absolute atomic E-state index is 12.4. The summed E-state index contributed by atoms with van der Waals surface area (Å²) < 4.78 is 12.3. The lowest BCUT2D eigenvalue weighted by Crippen LogP contribution is -2.53. The number of carbonyl (C=O) groups excluding carboxylic acids is 1. The molecule has 4 fully saturated rings. The molecule has 0 atom stereocenters. The number of amides is 1. The Hall–Kier alpha value is -2.49. The lowest BCUT2D eigenvalue weighted by molar-refractivity contribution is -0.120. The highest BCUT2D eigenvalue weighted by molar-refractivity contribution is 5.93. The van der Waals surface area contributed by atoms with Gasteiger partial charge in [-0.1, -0.05) is 18.2 Å². The molecule has 4 bridgehead atoms. The number of carbonyl (C=O) groups is 1. The van der Waals surface area contributed by atoms with Crippen LogP contribution in [0.15, 0.2) is 54.6 Å². The summed E-state index contributed by atoms with van der Waals surface area (Å²) in [5, 5.41) is 0. The summed E-state index contributed by atoms with van der Waals surface area (Å²) in [4.78, 5) is 14.0. The zero-order valence-corrected chi connectivity index (χ0v) is 17.0. The van der Waals surface area contributed by atoms with E-state index < -0.39 is 0 Å². The standard InChI is InChI=1S/C25H29NO3/c1-26(21-5-3-2-4-6-21)24(27)17-28-22-7-9-23(10-8-22)29-25-14-18-11-19(15-25)13-20(12-18)16-25/h2-10,18-20H,11-17H2,1H3.